The van der Waals surface area contributed by atoms with E-state index in [2.05, 4.69) is 29.5 Å². The fourth-order valence-corrected chi connectivity index (χ4v) is 3.40. The lowest BCUT2D eigenvalue weighted by Crippen LogP contribution is -2.39. The lowest BCUT2D eigenvalue weighted by molar-refractivity contribution is -0.136. The molecule has 1 aliphatic carbocycles. The molecule has 1 aromatic heterocycles. The highest BCUT2D eigenvalue weighted by atomic mass is 16.5. The van der Waals surface area contributed by atoms with Gasteiger partial charge in [-0.1, -0.05) is 61.7 Å². The molecule has 0 radical (unpaired) electrons. The number of rotatable bonds is 10. The van der Waals surface area contributed by atoms with E-state index in [1.165, 1.54) is 11.8 Å². The average Bonchev–Trinajstić information content (AvgIpc) is 3.33. The van der Waals surface area contributed by atoms with E-state index in [4.69, 9.17) is 4.52 Å². The van der Waals surface area contributed by atoms with E-state index in [9.17, 15) is 9.59 Å². The minimum atomic E-state index is -0.246. The summed E-state index contributed by atoms with van der Waals surface area (Å²) >= 11 is 0. The van der Waals surface area contributed by atoms with E-state index in [1.54, 1.807) is 11.0 Å². The van der Waals surface area contributed by atoms with Crippen LogP contribution in [0.1, 0.15) is 50.5 Å². The molecular weight excluding hydrogens is 342 g/mol. The van der Waals surface area contributed by atoms with E-state index < -0.39 is 0 Å². The molecule has 1 aromatic carbocycles. The van der Waals surface area contributed by atoms with Crippen LogP contribution in [-0.2, 0) is 9.59 Å². The molecule has 0 saturated heterocycles. The molecule has 0 spiro atoms. The number of hydrogen-bond donors (Lipinski definition) is 1. The van der Waals surface area contributed by atoms with Gasteiger partial charge >= 0.3 is 0 Å². The molecule has 1 saturated carbocycles. The maximum atomic E-state index is 13.0. The molecule has 0 aliphatic heterocycles. The van der Waals surface area contributed by atoms with Gasteiger partial charge in [0.15, 0.2) is 5.82 Å². The number of carbonyl (C=O) groups excluding carboxylic acids is 2. The maximum absolute atomic E-state index is 13.0. The maximum Gasteiger partial charge on any atom is 0.245 e. The van der Waals surface area contributed by atoms with Crippen molar-refractivity contribution < 1.29 is 14.1 Å². The van der Waals surface area contributed by atoms with Crippen LogP contribution in [0.4, 0.5) is 5.82 Å². The van der Waals surface area contributed by atoms with Gasteiger partial charge in [0.05, 0.1) is 6.54 Å². The molecule has 1 fully saturated rings. The zero-order valence-electron chi connectivity index (χ0n) is 15.8. The second kappa shape index (κ2) is 9.35. The summed E-state index contributed by atoms with van der Waals surface area (Å²) in [7, 11) is 0. The van der Waals surface area contributed by atoms with Crippen LogP contribution in [0.2, 0.25) is 0 Å². The number of aromatic nitrogens is 1. The fourth-order valence-electron chi connectivity index (χ4n) is 3.40. The first-order chi connectivity index (χ1) is 13.2. The number of benzene rings is 1. The molecule has 0 bridgehead atoms. The second-order valence-corrected chi connectivity index (χ2v) is 7.11. The standard InChI is InChI=1S/C21H27N3O3/c1-2-3-4-8-12-24(15-20(25)22-19-11-13-27-23-19)21(26)18-14-17(18)16-9-6-5-7-10-16/h5-7,9-11,13,17-18H,2-4,8,12,14-15H2,1H3,(H,22,23,25). The zero-order chi connectivity index (χ0) is 19.1. The van der Waals surface area contributed by atoms with Crippen LogP contribution in [-0.4, -0.2) is 35.0 Å². The monoisotopic (exact) mass is 369 g/mol. The fraction of sp³-hybridized carbons (Fsp3) is 0.476. The summed E-state index contributed by atoms with van der Waals surface area (Å²) in [5.74, 6) is 0.459. The van der Waals surface area contributed by atoms with Gasteiger partial charge in [0.25, 0.3) is 0 Å². The molecule has 1 heterocycles. The van der Waals surface area contributed by atoms with E-state index in [0.29, 0.717) is 12.4 Å². The molecule has 1 aliphatic rings. The molecular formula is C21H27N3O3. The van der Waals surface area contributed by atoms with Gasteiger partial charge in [0, 0.05) is 18.5 Å². The lowest BCUT2D eigenvalue weighted by Gasteiger charge is -2.22. The predicted molar refractivity (Wildman–Crippen MR) is 103 cm³/mol. The molecule has 144 valence electrons. The van der Waals surface area contributed by atoms with Crippen LogP contribution in [0, 0.1) is 5.92 Å². The molecule has 3 rings (SSSR count). The number of nitrogens with zero attached hydrogens (tertiary/aromatic N) is 2. The van der Waals surface area contributed by atoms with Crippen molar-refractivity contribution >= 4 is 17.6 Å². The number of unbranched alkanes of at least 4 members (excludes halogenated alkanes) is 3. The van der Waals surface area contributed by atoms with Gasteiger partial charge in [0.1, 0.15) is 6.26 Å². The predicted octanol–water partition coefficient (Wildman–Crippen LogP) is 3.83. The highest BCUT2D eigenvalue weighted by Gasteiger charge is 2.45. The first-order valence-electron chi connectivity index (χ1n) is 9.73. The smallest absolute Gasteiger partial charge is 0.245 e. The van der Waals surface area contributed by atoms with Crippen molar-refractivity contribution in [2.75, 3.05) is 18.4 Å². The first kappa shape index (κ1) is 19.1. The molecule has 2 unspecified atom stereocenters. The quantitative estimate of drug-likeness (QED) is 0.646. The summed E-state index contributed by atoms with van der Waals surface area (Å²) in [4.78, 5) is 27.0. The molecule has 2 amide bonds. The van der Waals surface area contributed by atoms with Gasteiger partial charge in [-0.05, 0) is 24.3 Å². The third-order valence-electron chi connectivity index (χ3n) is 4.97. The van der Waals surface area contributed by atoms with Crippen LogP contribution < -0.4 is 5.32 Å². The Morgan fingerprint density at radius 2 is 2.00 bits per heavy atom. The van der Waals surface area contributed by atoms with Crippen molar-refractivity contribution in [1.82, 2.24) is 10.1 Å². The summed E-state index contributed by atoms with van der Waals surface area (Å²) in [6.07, 6.45) is 6.52. The Morgan fingerprint density at radius 3 is 2.70 bits per heavy atom. The third kappa shape index (κ3) is 5.42. The summed E-state index contributed by atoms with van der Waals surface area (Å²) in [6.45, 7) is 2.82. The van der Waals surface area contributed by atoms with Crippen molar-refractivity contribution in [2.24, 2.45) is 5.92 Å². The van der Waals surface area contributed by atoms with Crippen molar-refractivity contribution in [3.8, 4) is 0 Å². The first-order valence-corrected chi connectivity index (χ1v) is 9.73. The van der Waals surface area contributed by atoms with E-state index in [-0.39, 0.29) is 30.2 Å². The largest absolute Gasteiger partial charge is 0.363 e. The van der Waals surface area contributed by atoms with Gasteiger partial charge in [-0.2, -0.15) is 0 Å². The molecule has 1 N–H and O–H groups in total. The van der Waals surface area contributed by atoms with Crippen molar-refractivity contribution in [1.29, 1.82) is 0 Å². The Morgan fingerprint density at radius 1 is 1.19 bits per heavy atom. The van der Waals surface area contributed by atoms with Crippen LogP contribution >= 0.6 is 0 Å². The molecule has 6 heteroatoms. The molecule has 2 aromatic rings. The van der Waals surface area contributed by atoms with Gasteiger partial charge in [-0.15, -0.1) is 0 Å². The van der Waals surface area contributed by atoms with E-state index in [0.717, 1.165) is 32.1 Å². The summed E-state index contributed by atoms with van der Waals surface area (Å²) in [6, 6.07) is 11.7. The number of anilines is 1. The van der Waals surface area contributed by atoms with Crippen LogP contribution in [0.25, 0.3) is 0 Å². The highest BCUT2D eigenvalue weighted by molar-refractivity contribution is 5.94. The SMILES string of the molecule is CCCCCCN(CC(=O)Nc1ccon1)C(=O)C1CC1c1ccccc1. The van der Waals surface area contributed by atoms with Crippen LogP contribution in [0.15, 0.2) is 47.2 Å². The van der Waals surface area contributed by atoms with Gasteiger partial charge in [0.2, 0.25) is 11.8 Å². The minimum Gasteiger partial charge on any atom is -0.363 e. The molecule has 27 heavy (non-hydrogen) atoms. The number of amides is 2. The number of nitrogens with one attached hydrogen (secondary N) is 1. The minimum absolute atomic E-state index is 0.0153. The van der Waals surface area contributed by atoms with Gasteiger partial charge in [-0.3, -0.25) is 9.59 Å². The van der Waals surface area contributed by atoms with Gasteiger partial charge < -0.3 is 14.7 Å². The Hall–Kier alpha value is -2.63. The van der Waals surface area contributed by atoms with Crippen LogP contribution in [0.5, 0.6) is 0 Å². The second-order valence-electron chi connectivity index (χ2n) is 7.11. The summed E-state index contributed by atoms with van der Waals surface area (Å²) in [5, 5.41) is 6.36. The Kier molecular flexibility index (Phi) is 6.63. The number of hydrogen-bond acceptors (Lipinski definition) is 4. The zero-order valence-corrected chi connectivity index (χ0v) is 15.8. The van der Waals surface area contributed by atoms with Crippen LogP contribution in [0.3, 0.4) is 0 Å². The Bertz CT molecular complexity index is 730. The Labute approximate surface area is 159 Å². The van der Waals surface area contributed by atoms with Crippen molar-refractivity contribution in [2.45, 2.75) is 44.9 Å². The van der Waals surface area contributed by atoms with Crippen molar-refractivity contribution in [3.63, 3.8) is 0 Å². The summed E-state index contributed by atoms with van der Waals surface area (Å²) < 4.78 is 4.73. The normalized spacial score (nSPS) is 18.1. The Balaban J connectivity index is 1.58. The third-order valence-corrected chi connectivity index (χ3v) is 4.97. The highest BCUT2D eigenvalue weighted by Crippen LogP contribution is 2.48. The average molecular weight is 369 g/mol. The van der Waals surface area contributed by atoms with Gasteiger partial charge in [-0.25, -0.2) is 0 Å². The molecule has 2 atom stereocenters. The summed E-state index contributed by atoms with van der Waals surface area (Å²) in [5.41, 5.74) is 1.20. The lowest BCUT2D eigenvalue weighted by atomic mass is 10.1. The topological polar surface area (TPSA) is 75.4 Å². The van der Waals surface area contributed by atoms with Crippen molar-refractivity contribution in [3.05, 3.63) is 48.2 Å². The van der Waals surface area contributed by atoms with E-state index in [1.807, 2.05) is 18.2 Å². The number of carbonyl (C=O) groups is 2. The van der Waals surface area contributed by atoms with E-state index >= 15 is 0 Å². The molecule has 6 nitrogen and oxygen atoms in total.